The summed E-state index contributed by atoms with van der Waals surface area (Å²) in [6.07, 6.45) is 0. The van der Waals surface area contributed by atoms with Gasteiger partial charge in [0.1, 0.15) is 0 Å². The molecule has 5 nitrogen and oxygen atoms in total. The Kier molecular flexibility index (Phi) is 3.84. The van der Waals surface area contributed by atoms with Crippen molar-refractivity contribution in [3.8, 4) is 22.8 Å². The summed E-state index contributed by atoms with van der Waals surface area (Å²) in [7, 11) is 0. The second-order valence-electron chi connectivity index (χ2n) is 4.83. The number of hydrogen-bond donors (Lipinski definition) is 2. The third-order valence-electron chi connectivity index (χ3n) is 3.12. The molecule has 0 fully saturated rings. The van der Waals surface area contributed by atoms with E-state index in [1.165, 1.54) is 0 Å². The van der Waals surface area contributed by atoms with Crippen LogP contribution in [0, 0.1) is 6.92 Å². The van der Waals surface area contributed by atoms with Crippen molar-refractivity contribution in [3.05, 3.63) is 54.1 Å². The van der Waals surface area contributed by atoms with Gasteiger partial charge in [-0.2, -0.15) is 4.98 Å². The number of nitrogens with zero attached hydrogens (tertiary/aromatic N) is 2. The smallest absolute Gasteiger partial charge is 0.260 e. The van der Waals surface area contributed by atoms with E-state index < -0.39 is 0 Å². The summed E-state index contributed by atoms with van der Waals surface area (Å²) in [6, 6.07) is 15.4. The van der Waals surface area contributed by atoms with Gasteiger partial charge in [0.05, 0.1) is 11.3 Å². The zero-order chi connectivity index (χ0) is 15.5. The molecule has 6 heteroatoms. The fourth-order valence-electron chi connectivity index (χ4n) is 2.15. The molecule has 0 aliphatic heterocycles. The van der Waals surface area contributed by atoms with Crippen LogP contribution < -0.4 is 11.1 Å². The average molecular weight is 310 g/mol. The first kappa shape index (κ1) is 14.2. The Bertz CT molecular complexity index is 828. The quantitative estimate of drug-likeness (QED) is 0.722. The molecule has 3 rings (SSSR count). The summed E-state index contributed by atoms with van der Waals surface area (Å²) in [5.74, 6) is 0.958. The lowest BCUT2D eigenvalue weighted by Gasteiger charge is -2.06. The van der Waals surface area contributed by atoms with Gasteiger partial charge in [0.2, 0.25) is 5.82 Å². The van der Waals surface area contributed by atoms with Crippen molar-refractivity contribution in [2.75, 3.05) is 5.32 Å². The van der Waals surface area contributed by atoms with Gasteiger partial charge in [0, 0.05) is 5.56 Å². The van der Waals surface area contributed by atoms with E-state index in [2.05, 4.69) is 15.5 Å². The van der Waals surface area contributed by atoms with Crippen LogP contribution in [0.3, 0.4) is 0 Å². The van der Waals surface area contributed by atoms with Crippen LogP contribution in [0.15, 0.2) is 53.1 Å². The maximum atomic E-state index is 5.54. The van der Waals surface area contributed by atoms with E-state index in [0.29, 0.717) is 11.7 Å². The number of aryl methyl sites for hydroxylation is 1. The molecule has 0 unspecified atom stereocenters. The largest absolute Gasteiger partial charge is 0.376 e. The summed E-state index contributed by atoms with van der Waals surface area (Å²) >= 11 is 4.88. The Morgan fingerprint density at radius 2 is 2.00 bits per heavy atom. The minimum atomic E-state index is 0.186. The van der Waals surface area contributed by atoms with Crippen molar-refractivity contribution in [2.45, 2.75) is 6.92 Å². The second kappa shape index (κ2) is 5.95. The fraction of sp³-hybridized carbons (Fsp3) is 0.0625. The number of nitrogens with two attached hydrogens (primary N) is 1. The Morgan fingerprint density at radius 1 is 1.18 bits per heavy atom. The van der Waals surface area contributed by atoms with Gasteiger partial charge in [-0.05, 0) is 37.3 Å². The summed E-state index contributed by atoms with van der Waals surface area (Å²) in [4.78, 5) is 4.46. The molecule has 0 aliphatic carbocycles. The SMILES string of the molecule is Cc1cccc(-c2noc(-c3ccccc3NC(N)=S)n2)c1. The molecule has 1 aromatic heterocycles. The van der Waals surface area contributed by atoms with Gasteiger partial charge in [0.25, 0.3) is 5.89 Å². The molecule has 0 saturated heterocycles. The lowest BCUT2D eigenvalue weighted by molar-refractivity contribution is 0.432. The maximum absolute atomic E-state index is 5.54. The van der Waals surface area contributed by atoms with E-state index in [1.54, 1.807) is 0 Å². The Hall–Kier alpha value is -2.73. The first-order valence-corrected chi connectivity index (χ1v) is 7.11. The summed E-state index contributed by atoms with van der Waals surface area (Å²) in [5, 5.41) is 7.14. The van der Waals surface area contributed by atoms with Gasteiger partial charge in [-0.25, -0.2) is 0 Å². The molecule has 0 atom stereocenters. The van der Waals surface area contributed by atoms with Crippen molar-refractivity contribution in [2.24, 2.45) is 5.73 Å². The zero-order valence-corrected chi connectivity index (χ0v) is 12.7. The van der Waals surface area contributed by atoms with Gasteiger partial charge in [0.15, 0.2) is 5.11 Å². The first-order chi connectivity index (χ1) is 10.6. The molecule has 3 aromatic rings. The van der Waals surface area contributed by atoms with Crippen molar-refractivity contribution in [1.29, 1.82) is 0 Å². The summed E-state index contributed by atoms with van der Waals surface area (Å²) in [5.41, 5.74) is 9.07. The number of nitrogens with one attached hydrogen (secondary N) is 1. The number of hydrogen-bond acceptors (Lipinski definition) is 4. The highest BCUT2D eigenvalue weighted by molar-refractivity contribution is 7.80. The molecular weight excluding hydrogens is 296 g/mol. The number of anilines is 1. The minimum absolute atomic E-state index is 0.186. The van der Waals surface area contributed by atoms with Gasteiger partial charge in [-0.1, -0.05) is 41.1 Å². The molecule has 0 aliphatic rings. The first-order valence-electron chi connectivity index (χ1n) is 6.70. The number of para-hydroxylation sites is 1. The van der Waals surface area contributed by atoms with Crippen LogP contribution in [-0.4, -0.2) is 15.3 Å². The zero-order valence-electron chi connectivity index (χ0n) is 11.9. The summed E-state index contributed by atoms with van der Waals surface area (Å²) in [6.45, 7) is 2.02. The van der Waals surface area contributed by atoms with Gasteiger partial charge in [-0.15, -0.1) is 0 Å². The number of aromatic nitrogens is 2. The second-order valence-corrected chi connectivity index (χ2v) is 5.27. The van der Waals surface area contributed by atoms with Crippen molar-refractivity contribution < 1.29 is 4.52 Å². The van der Waals surface area contributed by atoms with E-state index in [0.717, 1.165) is 22.4 Å². The molecular formula is C16H14N4OS. The van der Waals surface area contributed by atoms with Gasteiger partial charge in [-0.3, -0.25) is 0 Å². The van der Waals surface area contributed by atoms with E-state index >= 15 is 0 Å². The topological polar surface area (TPSA) is 77.0 Å². The van der Waals surface area contributed by atoms with Gasteiger partial charge >= 0.3 is 0 Å². The van der Waals surface area contributed by atoms with Crippen LogP contribution >= 0.6 is 12.2 Å². The average Bonchev–Trinajstić information content (AvgIpc) is 2.97. The molecule has 110 valence electrons. The fourth-order valence-corrected chi connectivity index (χ4v) is 2.26. The molecule has 0 amide bonds. The van der Waals surface area contributed by atoms with Crippen molar-refractivity contribution >= 4 is 23.0 Å². The van der Waals surface area contributed by atoms with Crippen molar-refractivity contribution in [3.63, 3.8) is 0 Å². The standard InChI is InChI=1S/C16H14N4OS/c1-10-5-4-6-11(9-10)14-19-15(21-20-14)12-7-2-3-8-13(12)18-16(17)22/h2-9H,1H3,(H3,17,18,22). The third kappa shape index (κ3) is 2.96. The molecule has 0 spiro atoms. The molecule has 22 heavy (non-hydrogen) atoms. The highest BCUT2D eigenvalue weighted by Gasteiger charge is 2.14. The molecule has 0 radical (unpaired) electrons. The molecule has 0 saturated carbocycles. The van der Waals surface area contributed by atoms with E-state index in [4.69, 9.17) is 22.5 Å². The molecule has 0 bridgehead atoms. The predicted molar refractivity (Wildman–Crippen MR) is 90.3 cm³/mol. The van der Waals surface area contributed by atoms with E-state index in [-0.39, 0.29) is 5.11 Å². The number of rotatable bonds is 3. The monoisotopic (exact) mass is 310 g/mol. The Morgan fingerprint density at radius 3 is 2.77 bits per heavy atom. The molecule has 3 N–H and O–H groups in total. The van der Waals surface area contributed by atoms with Crippen LogP contribution in [0.5, 0.6) is 0 Å². The van der Waals surface area contributed by atoms with E-state index in [1.807, 2.05) is 55.5 Å². The number of benzene rings is 2. The molecule has 2 aromatic carbocycles. The van der Waals surface area contributed by atoms with Crippen LogP contribution in [0.1, 0.15) is 5.56 Å². The highest BCUT2D eigenvalue weighted by Crippen LogP contribution is 2.28. The maximum Gasteiger partial charge on any atom is 0.260 e. The van der Waals surface area contributed by atoms with Crippen LogP contribution in [0.4, 0.5) is 5.69 Å². The van der Waals surface area contributed by atoms with E-state index in [9.17, 15) is 0 Å². The van der Waals surface area contributed by atoms with Crippen molar-refractivity contribution in [1.82, 2.24) is 10.1 Å². The predicted octanol–water partition coefficient (Wildman–Crippen LogP) is 3.37. The Labute approximate surface area is 133 Å². The number of thiocarbonyl (C=S) groups is 1. The van der Waals surface area contributed by atoms with Crippen LogP contribution in [0.2, 0.25) is 0 Å². The molecule has 1 heterocycles. The minimum Gasteiger partial charge on any atom is -0.376 e. The van der Waals surface area contributed by atoms with Gasteiger partial charge < -0.3 is 15.6 Å². The highest BCUT2D eigenvalue weighted by atomic mass is 32.1. The lowest BCUT2D eigenvalue weighted by Crippen LogP contribution is -2.19. The van der Waals surface area contributed by atoms with Crippen LogP contribution in [-0.2, 0) is 0 Å². The summed E-state index contributed by atoms with van der Waals surface area (Å²) < 4.78 is 5.38. The lowest BCUT2D eigenvalue weighted by atomic mass is 10.1. The Balaban J connectivity index is 1.99. The third-order valence-corrected chi connectivity index (χ3v) is 3.22. The normalized spacial score (nSPS) is 10.4. The van der Waals surface area contributed by atoms with Crippen LogP contribution in [0.25, 0.3) is 22.8 Å².